The van der Waals surface area contributed by atoms with Crippen LogP contribution in [0.1, 0.15) is 17.1 Å². The molecule has 0 saturated heterocycles. The van der Waals surface area contributed by atoms with Gasteiger partial charge in [-0.3, -0.25) is 0 Å². The van der Waals surface area contributed by atoms with Crippen molar-refractivity contribution in [3.05, 3.63) is 41.3 Å². The maximum Gasteiger partial charge on any atom is 0.262 e. The van der Waals surface area contributed by atoms with Gasteiger partial charge in [-0.1, -0.05) is 17.3 Å². The van der Waals surface area contributed by atoms with Crippen molar-refractivity contribution < 1.29 is 9.63 Å². The summed E-state index contributed by atoms with van der Waals surface area (Å²) in [5.41, 5.74) is 2.73. The second kappa shape index (κ2) is 5.53. The number of aryl methyl sites for hydroxylation is 1. The summed E-state index contributed by atoms with van der Waals surface area (Å²) in [5, 5.41) is 17.3. The smallest absolute Gasteiger partial charge is 0.262 e. The van der Waals surface area contributed by atoms with E-state index in [9.17, 15) is 5.11 Å². The van der Waals surface area contributed by atoms with Crippen molar-refractivity contribution in [2.24, 2.45) is 0 Å². The highest BCUT2D eigenvalue weighted by molar-refractivity contribution is 7.10. The number of hydrogen-bond acceptors (Lipinski definition) is 7. The zero-order valence-corrected chi connectivity index (χ0v) is 12.4. The van der Waals surface area contributed by atoms with Gasteiger partial charge in [0.2, 0.25) is 0 Å². The van der Waals surface area contributed by atoms with Gasteiger partial charge < -0.3 is 14.9 Å². The lowest BCUT2D eigenvalue weighted by Crippen LogP contribution is -1.91. The largest absolute Gasteiger partial charge is 0.508 e. The van der Waals surface area contributed by atoms with Gasteiger partial charge in [-0.2, -0.15) is 9.36 Å². The van der Waals surface area contributed by atoms with Crippen molar-refractivity contribution in [2.45, 2.75) is 13.3 Å². The van der Waals surface area contributed by atoms with Crippen LogP contribution in [0.25, 0.3) is 11.5 Å². The first kappa shape index (κ1) is 13.6. The van der Waals surface area contributed by atoms with E-state index in [-0.39, 0.29) is 5.75 Å². The molecule has 3 aromatic rings. The number of nitrogens with zero attached hydrogens (tertiary/aromatic N) is 3. The molecule has 2 N–H and O–H groups in total. The summed E-state index contributed by atoms with van der Waals surface area (Å²) in [6.45, 7) is 1.91. The van der Waals surface area contributed by atoms with E-state index in [2.05, 4.69) is 19.8 Å². The van der Waals surface area contributed by atoms with Crippen LogP contribution in [0.4, 0.5) is 5.00 Å². The second-order valence-electron chi connectivity index (χ2n) is 4.58. The molecule has 6 nitrogen and oxygen atoms in total. The van der Waals surface area contributed by atoms with Gasteiger partial charge in [-0.15, -0.1) is 0 Å². The van der Waals surface area contributed by atoms with Gasteiger partial charge in [0.05, 0.1) is 11.3 Å². The quantitative estimate of drug-likeness (QED) is 0.771. The van der Waals surface area contributed by atoms with Crippen LogP contribution in [0.2, 0.25) is 0 Å². The number of aromatic nitrogens is 3. The van der Waals surface area contributed by atoms with Crippen molar-refractivity contribution in [3.63, 3.8) is 0 Å². The first-order valence-corrected chi connectivity index (χ1v) is 7.19. The van der Waals surface area contributed by atoms with Crippen LogP contribution in [-0.2, 0) is 6.42 Å². The fraction of sp³-hybridized carbons (Fsp3) is 0.214. The minimum Gasteiger partial charge on any atom is -0.508 e. The normalized spacial score (nSPS) is 10.8. The lowest BCUT2D eigenvalue weighted by atomic mass is 10.1. The van der Waals surface area contributed by atoms with Crippen LogP contribution in [0.5, 0.6) is 5.75 Å². The van der Waals surface area contributed by atoms with E-state index < -0.39 is 0 Å². The molecule has 1 aromatic carbocycles. The summed E-state index contributed by atoms with van der Waals surface area (Å²) in [4.78, 5) is 4.43. The number of phenolic OH excluding ortho intramolecular Hbond substituents is 1. The van der Waals surface area contributed by atoms with Crippen molar-refractivity contribution in [2.75, 3.05) is 12.4 Å². The highest BCUT2D eigenvalue weighted by atomic mass is 32.1. The Morgan fingerprint density at radius 2 is 2.05 bits per heavy atom. The zero-order chi connectivity index (χ0) is 14.8. The average molecular weight is 302 g/mol. The Labute approximate surface area is 125 Å². The van der Waals surface area contributed by atoms with Gasteiger partial charge in [0.15, 0.2) is 5.82 Å². The third kappa shape index (κ3) is 2.73. The van der Waals surface area contributed by atoms with Gasteiger partial charge in [0.1, 0.15) is 10.8 Å². The SMILES string of the molecule is CNc1snc(C)c1-c1nc(Cc2ccc(O)cc2)no1. The number of nitrogens with one attached hydrogen (secondary N) is 1. The molecule has 0 fully saturated rings. The lowest BCUT2D eigenvalue weighted by molar-refractivity contribution is 0.424. The Bertz CT molecular complexity index is 749. The highest BCUT2D eigenvalue weighted by Gasteiger charge is 2.18. The van der Waals surface area contributed by atoms with Gasteiger partial charge in [-0.25, -0.2) is 0 Å². The summed E-state index contributed by atoms with van der Waals surface area (Å²) in [5.74, 6) is 1.31. The Morgan fingerprint density at radius 1 is 1.29 bits per heavy atom. The maximum absolute atomic E-state index is 9.28. The standard InChI is InChI=1S/C14H14N4O2S/c1-8-12(14(15-2)21-18-8)13-16-11(17-20-13)7-9-3-5-10(19)6-4-9/h3-6,15,19H,7H2,1-2H3. The molecule has 108 valence electrons. The monoisotopic (exact) mass is 302 g/mol. The summed E-state index contributed by atoms with van der Waals surface area (Å²) in [7, 11) is 1.84. The minimum atomic E-state index is 0.242. The Balaban J connectivity index is 1.86. The fourth-order valence-corrected chi connectivity index (χ4v) is 2.75. The summed E-state index contributed by atoms with van der Waals surface area (Å²) in [6, 6.07) is 6.95. The molecule has 0 spiro atoms. The minimum absolute atomic E-state index is 0.242. The molecule has 7 heteroatoms. The third-order valence-electron chi connectivity index (χ3n) is 3.07. The fourth-order valence-electron chi connectivity index (χ4n) is 2.02. The number of rotatable bonds is 4. The molecule has 0 radical (unpaired) electrons. The molecule has 0 atom stereocenters. The summed E-state index contributed by atoms with van der Waals surface area (Å²) >= 11 is 1.37. The average Bonchev–Trinajstić information content (AvgIpc) is 3.07. The molecule has 2 heterocycles. The van der Waals surface area contributed by atoms with Crippen LogP contribution >= 0.6 is 11.5 Å². The van der Waals surface area contributed by atoms with Crippen molar-refractivity contribution >= 4 is 16.5 Å². The Hall–Kier alpha value is -2.41. The van der Waals surface area contributed by atoms with E-state index in [1.165, 1.54) is 11.5 Å². The molecule has 2 aromatic heterocycles. The van der Waals surface area contributed by atoms with E-state index in [4.69, 9.17) is 4.52 Å². The van der Waals surface area contributed by atoms with Crippen LogP contribution in [0.3, 0.4) is 0 Å². The molecule has 0 saturated carbocycles. The van der Waals surface area contributed by atoms with E-state index in [1.807, 2.05) is 26.1 Å². The molecule has 0 amide bonds. The number of phenols is 1. The predicted molar refractivity (Wildman–Crippen MR) is 80.6 cm³/mol. The van der Waals surface area contributed by atoms with E-state index >= 15 is 0 Å². The lowest BCUT2D eigenvalue weighted by Gasteiger charge is -1.97. The zero-order valence-electron chi connectivity index (χ0n) is 11.6. The van der Waals surface area contributed by atoms with E-state index in [0.29, 0.717) is 18.1 Å². The highest BCUT2D eigenvalue weighted by Crippen LogP contribution is 2.33. The molecular formula is C14H14N4O2S. The van der Waals surface area contributed by atoms with Gasteiger partial charge in [-0.05, 0) is 36.2 Å². The molecule has 3 rings (SSSR count). The van der Waals surface area contributed by atoms with Gasteiger partial charge >= 0.3 is 0 Å². The number of hydrogen-bond donors (Lipinski definition) is 2. The summed E-state index contributed by atoms with van der Waals surface area (Å²) in [6.07, 6.45) is 0.551. The second-order valence-corrected chi connectivity index (χ2v) is 5.35. The van der Waals surface area contributed by atoms with Crippen LogP contribution in [-0.4, -0.2) is 26.7 Å². The van der Waals surface area contributed by atoms with Crippen molar-refractivity contribution in [1.29, 1.82) is 0 Å². The predicted octanol–water partition coefficient (Wildman–Crippen LogP) is 2.84. The number of anilines is 1. The first-order valence-electron chi connectivity index (χ1n) is 6.42. The van der Waals surface area contributed by atoms with Crippen LogP contribution in [0, 0.1) is 6.92 Å². The Morgan fingerprint density at radius 3 is 2.76 bits per heavy atom. The molecule has 0 aliphatic heterocycles. The van der Waals surface area contributed by atoms with E-state index in [1.54, 1.807) is 12.1 Å². The van der Waals surface area contributed by atoms with Gasteiger partial charge in [0.25, 0.3) is 5.89 Å². The molecule has 0 aliphatic carbocycles. The van der Waals surface area contributed by atoms with E-state index in [0.717, 1.165) is 21.8 Å². The molecule has 0 aliphatic rings. The van der Waals surface area contributed by atoms with Crippen LogP contribution < -0.4 is 5.32 Å². The summed E-state index contributed by atoms with van der Waals surface area (Å²) < 4.78 is 9.63. The van der Waals surface area contributed by atoms with Gasteiger partial charge in [0, 0.05) is 13.5 Å². The third-order valence-corrected chi connectivity index (χ3v) is 4.03. The van der Waals surface area contributed by atoms with Crippen LogP contribution in [0.15, 0.2) is 28.8 Å². The molecule has 0 bridgehead atoms. The molecular weight excluding hydrogens is 288 g/mol. The maximum atomic E-state index is 9.28. The number of benzene rings is 1. The number of aromatic hydroxyl groups is 1. The van der Waals surface area contributed by atoms with Crippen molar-refractivity contribution in [3.8, 4) is 17.2 Å². The molecule has 21 heavy (non-hydrogen) atoms. The Kier molecular flexibility index (Phi) is 3.57. The topological polar surface area (TPSA) is 84.1 Å². The first-order chi connectivity index (χ1) is 10.2. The van der Waals surface area contributed by atoms with Crippen molar-refractivity contribution in [1.82, 2.24) is 14.5 Å². The molecule has 0 unspecified atom stereocenters.